The molecule has 1 aromatic carbocycles. The molecule has 0 amide bonds. The molecule has 0 bridgehead atoms. The molecule has 1 heterocycles. The van der Waals surface area contributed by atoms with Crippen LogP contribution >= 0.6 is 23.4 Å². The third-order valence-corrected chi connectivity index (χ3v) is 4.64. The maximum Gasteiger partial charge on any atom is 0.270 e. The lowest BCUT2D eigenvalue weighted by Gasteiger charge is -2.03. The minimum atomic E-state index is -0.480. The number of nitrogens with zero attached hydrogens (tertiary/aromatic N) is 1. The number of aliphatic hydroxyl groups is 1. The predicted octanol–water partition coefficient (Wildman–Crippen LogP) is 3.71. The van der Waals surface area contributed by atoms with Crippen molar-refractivity contribution in [1.82, 2.24) is 5.32 Å². The van der Waals surface area contributed by atoms with Crippen molar-refractivity contribution in [3.63, 3.8) is 0 Å². The van der Waals surface area contributed by atoms with Gasteiger partial charge in [0.1, 0.15) is 11.5 Å². The van der Waals surface area contributed by atoms with E-state index in [4.69, 9.17) is 21.1 Å². The van der Waals surface area contributed by atoms with Crippen LogP contribution in [0, 0.1) is 10.1 Å². The van der Waals surface area contributed by atoms with Crippen LogP contribution in [0.5, 0.6) is 0 Å². The van der Waals surface area contributed by atoms with Crippen LogP contribution < -0.4 is 5.32 Å². The first-order valence-corrected chi connectivity index (χ1v) is 9.07. The first-order chi connectivity index (χ1) is 11.6. The molecular formula is C16H19ClN2O4S. The van der Waals surface area contributed by atoms with Crippen molar-refractivity contribution in [2.45, 2.75) is 13.0 Å². The third-order valence-electron chi connectivity index (χ3n) is 3.26. The highest BCUT2D eigenvalue weighted by molar-refractivity contribution is 7.99. The van der Waals surface area contributed by atoms with E-state index >= 15 is 0 Å². The summed E-state index contributed by atoms with van der Waals surface area (Å²) in [6.45, 7) is 1.69. The van der Waals surface area contributed by atoms with Gasteiger partial charge in [-0.25, -0.2) is 0 Å². The number of non-ortho nitro benzene ring substituents is 1. The summed E-state index contributed by atoms with van der Waals surface area (Å²) in [5.74, 6) is 3.30. The molecule has 130 valence electrons. The molecule has 0 atom stereocenters. The Balaban J connectivity index is 1.86. The van der Waals surface area contributed by atoms with Gasteiger partial charge in [-0.05, 0) is 30.4 Å². The quantitative estimate of drug-likeness (QED) is 0.376. The van der Waals surface area contributed by atoms with Gasteiger partial charge in [-0.3, -0.25) is 10.1 Å². The van der Waals surface area contributed by atoms with Crippen LogP contribution in [0.3, 0.4) is 0 Å². The molecule has 0 aliphatic heterocycles. The second kappa shape index (κ2) is 9.68. The molecule has 0 saturated heterocycles. The van der Waals surface area contributed by atoms with E-state index in [-0.39, 0.29) is 12.3 Å². The number of benzene rings is 1. The van der Waals surface area contributed by atoms with Crippen LogP contribution in [0.15, 0.2) is 34.7 Å². The van der Waals surface area contributed by atoms with E-state index in [1.165, 1.54) is 12.1 Å². The minimum absolute atomic E-state index is 0.0455. The van der Waals surface area contributed by atoms with Gasteiger partial charge in [0.05, 0.1) is 16.5 Å². The molecule has 2 N–H and O–H groups in total. The van der Waals surface area contributed by atoms with Crippen molar-refractivity contribution in [3.05, 3.63) is 51.2 Å². The first kappa shape index (κ1) is 18.8. The van der Waals surface area contributed by atoms with E-state index < -0.39 is 4.92 Å². The average molecular weight is 371 g/mol. The highest BCUT2D eigenvalue weighted by atomic mass is 35.5. The smallest absolute Gasteiger partial charge is 0.270 e. The van der Waals surface area contributed by atoms with Crippen LogP contribution in [-0.2, 0) is 6.54 Å². The largest absolute Gasteiger partial charge is 0.460 e. The van der Waals surface area contributed by atoms with E-state index in [1.807, 2.05) is 6.07 Å². The van der Waals surface area contributed by atoms with Gasteiger partial charge in [-0.2, -0.15) is 11.8 Å². The lowest BCUT2D eigenvalue weighted by Crippen LogP contribution is -2.16. The van der Waals surface area contributed by atoms with Crippen molar-refractivity contribution in [2.75, 3.05) is 24.7 Å². The van der Waals surface area contributed by atoms with Crippen molar-refractivity contribution < 1.29 is 14.4 Å². The number of rotatable bonds is 10. The Morgan fingerprint density at radius 3 is 2.83 bits per heavy atom. The van der Waals surface area contributed by atoms with Gasteiger partial charge in [0.2, 0.25) is 0 Å². The molecule has 0 aliphatic rings. The molecule has 0 spiro atoms. The number of nitro benzene ring substituents is 1. The Morgan fingerprint density at radius 2 is 2.12 bits per heavy atom. The number of thioether (sulfide) groups is 1. The summed E-state index contributed by atoms with van der Waals surface area (Å²) in [6.07, 6.45) is 0.822. The van der Waals surface area contributed by atoms with Gasteiger partial charge in [-0.1, -0.05) is 11.6 Å². The summed E-state index contributed by atoms with van der Waals surface area (Å²) in [5, 5.41) is 23.0. The Morgan fingerprint density at radius 1 is 1.29 bits per heavy atom. The van der Waals surface area contributed by atoms with Gasteiger partial charge in [0, 0.05) is 36.6 Å². The zero-order chi connectivity index (χ0) is 17.4. The number of aliphatic hydroxyl groups excluding tert-OH is 1. The summed E-state index contributed by atoms with van der Waals surface area (Å²) < 4.78 is 5.74. The Bertz CT molecular complexity index is 678. The van der Waals surface area contributed by atoms with E-state index in [2.05, 4.69) is 5.32 Å². The van der Waals surface area contributed by atoms with Crippen molar-refractivity contribution in [3.8, 4) is 11.3 Å². The predicted molar refractivity (Wildman–Crippen MR) is 96.5 cm³/mol. The normalized spacial score (nSPS) is 10.9. The van der Waals surface area contributed by atoms with Crippen LogP contribution in [0.1, 0.15) is 12.2 Å². The molecule has 1 aromatic heterocycles. The standard InChI is InChI=1S/C16H19ClN2O4S/c17-15-10-12(19(21)22)2-4-14(15)16-5-3-13(23-16)11-18-6-9-24-8-1-7-20/h2-5,10,18,20H,1,6-9,11H2. The van der Waals surface area contributed by atoms with E-state index in [0.717, 1.165) is 30.2 Å². The van der Waals surface area contributed by atoms with E-state index in [9.17, 15) is 10.1 Å². The second-order valence-electron chi connectivity index (χ2n) is 5.05. The van der Waals surface area contributed by atoms with E-state index in [1.54, 1.807) is 23.9 Å². The molecule has 0 unspecified atom stereocenters. The minimum Gasteiger partial charge on any atom is -0.460 e. The summed E-state index contributed by atoms with van der Waals surface area (Å²) in [5.41, 5.74) is 0.587. The van der Waals surface area contributed by atoms with Gasteiger partial charge in [-0.15, -0.1) is 0 Å². The highest BCUT2D eigenvalue weighted by Crippen LogP contribution is 2.32. The van der Waals surface area contributed by atoms with Gasteiger partial charge in [0.25, 0.3) is 5.69 Å². The first-order valence-electron chi connectivity index (χ1n) is 7.54. The lowest BCUT2D eigenvalue weighted by molar-refractivity contribution is -0.384. The second-order valence-corrected chi connectivity index (χ2v) is 6.69. The van der Waals surface area contributed by atoms with Gasteiger partial charge < -0.3 is 14.8 Å². The molecule has 0 fully saturated rings. The van der Waals surface area contributed by atoms with E-state index in [0.29, 0.717) is 22.9 Å². The number of hydrogen-bond donors (Lipinski definition) is 2. The molecule has 2 rings (SSSR count). The van der Waals surface area contributed by atoms with Crippen LogP contribution in [-0.4, -0.2) is 34.7 Å². The van der Waals surface area contributed by atoms with Gasteiger partial charge in [0.15, 0.2) is 0 Å². The zero-order valence-electron chi connectivity index (χ0n) is 13.0. The highest BCUT2D eigenvalue weighted by Gasteiger charge is 2.13. The number of nitro groups is 1. The maximum absolute atomic E-state index is 10.7. The summed E-state index contributed by atoms with van der Waals surface area (Å²) in [4.78, 5) is 10.3. The fraction of sp³-hybridized carbons (Fsp3) is 0.375. The van der Waals surface area contributed by atoms with Crippen LogP contribution in [0.25, 0.3) is 11.3 Å². The van der Waals surface area contributed by atoms with Crippen LogP contribution in [0.4, 0.5) is 5.69 Å². The molecular weight excluding hydrogens is 352 g/mol. The number of hydrogen-bond acceptors (Lipinski definition) is 6. The van der Waals surface area contributed by atoms with Crippen LogP contribution in [0.2, 0.25) is 5.02 Å². The monoisotopic (exact) mass is 370 g/mol. The van der Waals surface area contributed by atoms with Crippen molar-refractivity contribution >= 4 is 29.1 Å². The molecule has 8 heteroatoms. The van der Waals surface area contributed by atoms with Crippen molar-refractivity contribution in [2.24, 2.45) is 0 Å². The molecule has 0 aliphatic carbocycles. The average Bonchev–Trinajstić information content (AvgIpc) is 3.02. The lowest BCUT2D eigenvalue weighted by atomic mass is 10.1. The van der Waals surface area contributed by atoms with Crippen molar-refractivity contribution in [1.29, 1.82) is 0 Å². The number of furan rings is 1. The Labute approximate surface area is 149 Å². The Hall–Kier alpha value is -1.54. The zero-order valence-corrected chi connectivity index (χ0v) is 14.6. The van der Waals surface area contributed by atoms with Gasteiger partial charge >= 0.3 is 0 Å². The molecule has 6 nitrogen and oxygen atoms in total. The number of nitrogens with one attached hydrogen (secondary N) is 1. The fourth-order valence-corrected chi connectivity index (χ4v) is 3.15. The molecule has 2 aromatic rings. The SMILES string of the molecule is O=[N+]([O-])c1ccc(-c2ccc(CNCCSCCCO)o2)c(Cl)c1. The molecule has 0 radical (unpaired) electrons. The summed E-state index contributed by atoms with van der Waals surface area (Å²) >= 11 is 7.90. The molecule has 24 heavy (non-hydrogen) atoms. The summed E-state index contributed by atoms with van der Waals surface area (Å²) in [6, 6.07) is 7.99. The Kier molecular flexibility index (Phi) is 7.58. The third kappa shape index (κ3) is 5.52. The topological polar surface area (TPSA) is 88.5 Å². The molecule has 0 saturated carbocycles. The number of halogens is 1. The summed E-state index contributed by atoms with van der Waals surface area (Å²) in [7, 11) is 0. The maximum atomic E-state index is 10.7. The fourth-order valence-electron chi connectivity index (χ4n) is 2.06.